The highest BCUT2D eigenvalue weighted by atomic mass is 15.3. The Balaban J connectivity index is 0.000000184. The molecule has 1 heterocycles. The summed E-state index contributed by atoms with van der Waals surface area (Å²) in [5.74, 6) is 0. The molecule has 0 atom stereocenters. The molecule has 2 rings (SSSR count). The van der Waals surface area contributed by atoms with Crippen molar-refractivity contribution in [1.82, 2.24) is 15.4 Å². The fourth-order valence-corrected chi connectivity index (χ4v) is 0.788. The molecule has 64 valence electrons. The number of benzene rings is 1. The fraction of sp³-hybridized carbons (Fsp3) is 0. The molecular formula is C9H8N4. The third kappa shape index (κ3) is 2.42. The second kappa shape index (κ2) is 4.67. The van der Waals surface area contributed by atoms with Crippen molar-refractivity contribution in [2.45, 2.75) is 0 Å². The zero-order chi connectivity index (χ0) is 9.52. The van der Waals surface area contributed by atoms with Crippen LogP contribution in [-0.4, -0.2) is 15.4 Å². The maximum Gasteiger partial charge on any atom is 0.112 e. The van der Waals surface area contributed by atoms with Gasteiger partial charge in [0.25, 0.3) is 0 Å². The molecule has 0 aliphatic rings. The van der Waals surface area contributed by atoms with E-state index in [0.29, 0.717) is 0 Å². The number of nitrogens with one attached hydrogen (secondary N) is 1. The van der Waals surface area contributed by atoms with Gasteiger partial charge in [-0.25, -0.2) is 0 Å². The monoisotopic (exact) mass is 172 g/mol. The number of H-pyrrole nitrogens is 1. The second-order valence-corrected chi connectivity index (χ2v) is 2.16. The van der Waals surface area contributed by atoms with Crippen LogP contribution in [0.4, 0.5) is 0 Å². The Morgan fingerprint density at radius 1 is 1.46 bits per heavy atom. The van der Waals surface area contributed by atoms with Gasteiger partial charge in [0.2, 0.25) is 0 Å². The van der Waals surface area contributed by atoms with Gasteiger partial charge in [0.15, 0.2) is 0 Å². The Bertz CT molecular complexity index is 394. The summed E-state index contributed by atoms with van der Waals surface area (Å²) in [7, 11) is 0. The summed E-state index contributed by atoms with van der Waals surface area (Å²) >= 11 is 0. The SMILES string of the molecule is C=CC#N.c1ccc2[nH]nnc2c1. The summed E-state index contributed by atoms with van der Waals surface area (Å²) in [6, 6.07) is 9.43. The smallest absolute Gasteiger partial charge is 0.112 e. The lowest BCUT2D eigenvalue weighted by Gasteiger charge is -1.79. The molecule has 0 amide bonds. The van der Waals surface area contributed by atoms with Crippen molar-refractivity contribution in [1.29, 1.82) is 5.26 Å². The first-order valence-corrected chi connectivity index (χ1v) is 3.65. The van der Waals surface area contributed by atoms with Crippen molar-refractivity contribution >= 4 is 11.0 Å². The quantitative estimate of drug-likeness (QED) is 0.614. The Morgan fingerprint density at radius 2 is 2.15 bits per heavy atom. The Kier molecular flexibility index (Phi) is 3.21. The first-order valence-electron chi connectivity index (χ1n) is 3.65. The van der Waals surface area contributed by atoms with E-state index in [1.165, 1.54) is 6.08 Å². The van der Waals surface area contributed by atoms with Gasteiger partial charge < -0.3 is 0 Å². The molecule has 2 aromatic rings. The number of nitriles is 1. The molecule has 0 fully saturated rings. The third-order valence-electron chi connectivity index (χ3n) is 1.32. The highest BCUT2D eigenvalue weighted by molar-refractivity contribution is 5.72. The topological polar surface area (TPSA) is 65.4 Å². The van der Waals surface area contributed by atoms with Gasteiger partial charge in [-0.15, -0.1) is 5.10 Å². The van der Waals surface area contributed by atoms with Crippen molar-refractivity contribution in [3.63, 3.8) is 0 Å². The number of allylic oxidation sites excluding steroid dienone is 1. The van der Waals surface area contributed by atoms with Crippen molar-refractivity contribution in [3.05, 3.63) is 36.9 Å². The molecule has 4 nitrogen and oxygen atoms in total. The third-order valence-corrected chi connectivity index (χ3v) is 1.32. The highest BCUT2D eigenvalue weighted by Gasteiger charge is 1.90. The van der Waals surface area contributed by atoms with Crippen LogP contribution in [0.15, 0.2) is 36.9 Å². The van der Waals surface area contributed by atoms with E-state index < -0.39 is 0 Å². The van der Waals surface area contributed by atoms with Crippen LogP contribution in [0.3, 0.4) is 0 Å². The van der Waals surface area contributed by atoms with Crippen LogP contribution in [-0.2, 0) is 0 Å². The van der Waals surface area contributed by atoms with E-state index in [1.54, 1.807) is 6.07 Å². The molecule has 0 saturated carbocycles. The molecule has 0 unspecified atom stereocenters. The fourth-order valence-electron chi connectivity index (χ4n) is 0.788. The van der Waals surface area contributed by atoms with E-state index >= 15 is 0 Å². The first kappa shape index (κ1) is 8.94. The Labute approximate surface area is 75.5 Å². The van der Waals surface area contributed by atoms with Gasteiger partial charge in [-0.1, -0.05) is 23.9 Å². The van der Waals surface area contributed by atoms with Crippen LogP contribution >= 0.6 is 0 Å². The summed E-state index contributed by atoms with van der Waals surface area (Å²) in [6.07, 6.45) is 1.18. The van der Waals surface area contributed by atoms with Crippen LogP contribution < -0.4 is 0 Å². The Morgan fingerprint density at radius 3 is 2.77 bits per heavy atom. The van der Waals surface area contributed by atoms with E-state index in [2.05, 4.69) is 22.0 Å². The molecule has 0 spiro atoms. The minimum atomic E-state index is 0.914. The average Bonchev–Trinajstić information content (AvgIpc) is 2.66. The largest absolute Gasteiger partial charge is 0.258 e. The lowest BCUT2D eigenvalue weighted by Crippen LogP contribution is -1.63. The molecule has 0 bridgehead atoms. The van der Waals surface area contributed by atoms with Crippen molar-refractivity contribution in [2.75, 3.05) is 0 Å². The maximum absolute atomic E-state index is 7.51. The number of aromatic nitrogens is 3. The van der Waals surface area contributed by atoms with Crippen LogP contribution in [0, 0.1) is 11.3 Å². The lowest BCUT2D eigenvalue weighted by molar-refractivity contribution is 0.959. The maximum atomic E-state index is 7.51. The summed E-state index contributed by atoms with van der Waals surface area (Å²) in [5.41, 5.74) is 1.90. The van der Waals surface area contributed by atoms with Gasteiger partial charge in [-0.2, -0.15) is 5.26 Å². The summed E-state index contributed by atoms with van der Waals surface area (Å²) in [5, 5.41) is 17.7. The summed E-state index contributed by atoms with van der Waals surface area (Å²) < 4.78 is 0. The number of aromatic amines is 1. The van der Waals surface area contributed by atoms with Crippen molar-refractivity contribution < 1.29 is 0 Å². The van der Waals surface area contributed by atoms with Gasteiger partial charge in [-0.05, 0) is 12.1 Å². The molecule has 0 saturated heterocycles. The zero-order valence-corrected chi connectivity index (χ0v) is 6.94. The minimum Gasteiger partial charge on any atom is -0.258 e. The molecule has 13 heavy (non-hydrogen) atoms. The minimum absolute atomic E-state index is 0.914. The number of fused-ring (bicyclic) bond motifs is 1. The normalized spacial score (nSPS) is 8.23. The predicted molar refractivity (Wildman–Crippen MR) is 49.7 cm³/mol. The number of hydrogen-bond donors (Lipinski definition) is 1. The average molecular weight is 172 g/mol. The van der Waals surface area contributed by atoms with E-state index in [9.17, 15) is 0 Å². The standard InChI is InChI=1S/C6H5N3.C3H3N/c1-2-4-6-5(3-1)7-9-8-6;1-2-3-4/h1-4H,(H,7,8,9);2H,1H2. The van der Waals surface area contributed by atoms with Crippen LogP contribution in [0.2, 0.25) is 0 Å². The molecule has 0 aliphatic carbocycles. The molecule has 1 aromatic heterocycles. The first-order chi connectivity index (χ1) is 6.38. The van der Waals surface area contributed by atoms with E-state index in [4.69, 9.17) is 5.26 Å². The number of para-hydroxylation sites is 1. The predicted octanol–water partition coefficient (Wildman–Crippen LogP) is 1.65. The zero-order valence-electron chi connectivity index (χ0n) is 6.94. The second-order valence-electron chi connectivity index (χ2n) is 2.16. The molecular weight excluding hydrogens is 164 g/mol. The van der Waals surface area contributed by atoms with Crippen LogP contribution in [0.5, 0.6) is 0 Å². The number of nitrogens with zero attached hydrogens (tertiary/aromatic N) is 3. The lowest BCUT2D eigenvalue weighted by atomic mass is 10.3. The number of rotatable bonds is 0. The summed E-state index contributed by atoms with van der Waals surface area (Å²) in [6.45, 7) is 3.12. The molecule has 1 aromatic carbocycles. The van der Waals surface area contributed by atoms with Gasteiger partial charge in [0.05, 0.1) is 11.6 Å². The van der Waals surface area contributed by atoms with E-state index in [0.717, 1.165) is 11.0 Å². The van der Waals surface area contributed by atoms with Gasteiger partial charge >= 0.3 is 0 Å². The van der Waals surface area contributed by atoms with Gasteiger partial charge in [-0.3, -0.25) is 5.10 Å². The van der Waals surface area contributed by atoms with E-state index in [-0.39, 0.29) is 0 Å². The molecule has 0 radical (unpaired) electrons. The van der Waals surface area contributed by atoms with Gasteiger partial charge in [0.1, 0.15) is 5.52 Å². The summed E-state index contributed by atoms with van der Waals surface area (Å²) in [4.78, 5) is 0. The highest BCUT2D eigenvalue weighted by Crippen LogP contribution is 2.03. The van der Waals surface area contributed by atoms with Crippen LogP contribution in [0.1, 0.15) is 0 Å². The molecule has 0 aliphatic heterocycles. The van der Waals surface area contributed by atoms with Crippen molar-refractivity contribution in [2.24, 2.45) is 0 Å². The molecule has 4 heteroatoms. The van der Waals surface area contributed by atoms with E-state index in [1.807, 2.05) is 24.3 Å². The number of hydrogen-bond acceptors (Lipinski definition) is 3. The van der Waals surface area contributed by atoms with Crippen LogP contribution in [0.25, 0.3) is 11.0 Å². The van der Waals surface area contributed by atoms with Gasteiger partial charge in [0, 0.05) is 6.08 Å². The Hall–Kier alpha value is -2.15. The van der Waals surface area contributed by atoms with Crippen molar-refractivity contribution in [3.8, 4) is 6.07 Å². The molecule has 1 N–H and O–H groups in total.